The van der Waals surface area contributed by atoms with Crippen LogP contribution in [-0.4, -0.2) is 20.0 Å². The highest BCUT2D eigenvalue weighted by Crippen LogP contribution is 2.06. The molecule has 0 aliphatic rings. The van der Waals surface area contributed by atoms with Crippen molar-refractivity contribution in [3.63, 3.8) is 0 Å². The molecule has 1 aromatic rings. The van der Waals surface area contributed by atoms with Crippen molar-refractivity contribution >= 4 is 10.0 Å². The van der Waals surface area contributed by atoms with E-state index in [1.807, 2.05) is 0 Å². The van der Waals surface area contributed by atoms with Crippen molar-refractivity contribution in [1.29, 1.82) is 0 Å². The molecule has 0 bridgehead atoms. The Labute approximate surface area is 65.9 Å². The highest BCUT2D eigenvalue weighted by atomic mass is 32.2. The van der Waals surface area contributed by atoms with Crippen LogP contribution in [0.2, 0.25) is 0 Å². The smallest absolute Gasteiger partial charge is 0.255 e. The summed E-state index contributed by atoms with van der Waals surface area (Å²) in [6.07, 6.45) is 1.68. The van der Waals surface area contributed by atoms with Gasteiger partial charge in [-0.1, -0.05) is 0 Å². The van der Waals surface area contributed by atoms with E-state index in [0.717, 1.165) is 0 Å². The molecular formula is C6H10N2O2S. The van der Waals surface area contributed by atoms with Gasteiger partial charge in [0, 0.05) is 13.2 Å². The number of aromatic nitrogens is 1. The van der Waals surface area contributed by atoms with Crippen LogP contribution in [0.25, 0.3) is 0 Å². The first-order chi connectivity index (χ1) is 5.08. The molecule has 1 N–H and O–H groups in total. The van der Waals surface area contributed by atoms with E-state index in [0.29, 0.717) is 0 Å². The molecule has 0 fully saturated rings. The molecule has 0 saturated heterocycles. The first-order valence-electron chi connectivity index (χ1n) is 3.13. The molecule has 0 amide bonds. The summed E-state index contributed by atoms with van der Waals surface area (Å²) in [6.45, 7) is 0. The van der Waals surface area contributed by atoms with Crippen LogP contribution in [0.4, 0.5) is 0 Å². The maximum absolute atomic E-state index is 11.2. The van der Waals surface area contributed by atoms with Crippen LogP contribution in [0.5, 0.6) is 0 Å². The number of aryl methyl sites for hydroxylation is 1. The molecule has 0 aliphatic carbocycles. The minimum absolute atomic E-state index is 0.278. The summed E-state index contributed by atoms with van der Waals surface area (Å²) >= 11 is 0. The second-order valence-electron chi connectivity index (χ2n) is 2.16. The van der Waals surface area contributed by atoms with Gasteiger partial charge < -0.3 is 4.57 Å². The van der Waals surface area contributed by atoms with Gasteiger partial charge in [-0.15, -0.1) is 0 Å². The van der Waals surface area contributed by atoms with Crippen LogP contribution in [-0.2, 0) is 17.1 Å². The van der Waals surface area contributed by atoms with Gasteiger partial charge in [0.2, 0.25) is 0 Å². The number of nitrogens with one attached hydrogen (secondary N) is 1. The SMILES string of the molecule is CNS(=O)(=O)c1cccn1C. The molecule has 0 radical (unpaired) electrons. The fourth-order valence-corrected chi connectivity index (χ4v) is 1.74. The van der Waals surface area contributed by atoms with Crippen LogP contribution in [0.3, 0.4) is 0 Å². The topological polar surface area (TPSA) is 51.1 Å². The largest absolute Gasteiger partial charge is 0.341 e. The van der Waals surface area contributed by atoms with Gasteiger partial charge in [0.15, 0.2) is 0 Å². The van der Waals surface area contributed by atoms with E-state index < -0.39 is 10.0 Å². The lowest BCUT2D eigenvalue weighted by atomic mass is 10.7. The predicted molar refractivity (Wildman–Crippen MR) is 41.7 cm³/mol. The van der Waals surface area contributed by atoms with Gasteiger partial charge in [0.25, 0.3) is 10.0 Å². The van der Waals surface area contributed by atoms with E-state index in [1.54, 1.807) is 29.9 Å². The van der Waals surface area contributed by atoms with Crippen molar-refractivity contribution in [1.82, 2.24) is 9.29 Å². The van der Waals surface area contributed by atoms with Crippen molar-refractivity contribution in [2.75, 3.05) is 7.05 Å². The summed E-state index contributed by atoms with van der Waals surface area (Å²) in [6, 6.07) is 3.23. The molecule has 0 atom stereocenters. The summed E-state index contributed by atoms with van der Waals surface area (Å²) < 4.78 is 26.1. The standard InChI is InChI=1S/C6H10N2O2S/c1-7-11(9,10)6-4-3-5-8(6)2/h3-5,7H,1-2H3. The second-order valence-corrected chi connectivity index (χ2v) is 4.00. The molecular weight excluding hydrogens is 164 g/mol. The molecule has 5 heteroatoms. The lowest BCUT2D eigenvalue weighted by molar-refractivity contribution is 0.578. The molecule has 0 unspecified atom stereocenters. The van der Waals surface area contributed by atoms with Gasteiger partial charge >= 0.3 is 0 Å². The number of rotatable bonds is 2. The number of sulfonamides is 1. The molecule has 1 aromatic heterocycles. The van der Waals surface area contributed by atoms with E-state index in [4.69, 9.17) is 0 Å². The van der Waals surface area contributed by atoms with Gasteiger partial charge in [-0.25, -0.2) is 13.1 Å². The highest BCUT2D eigenvalue weighted by molar-refractivity contribution is 7.89. The van der Waals surface area contributed by atoms with E-state index in [-0.39, 0.29) is 5.03 Å². The monoisotopic (exact) mass is 174 g/mol. The minimum Gasteiger partial charge on any atom is -0.341 e. The number of nitrogens with zero attached hydrogens (tertiary/aromatic N) is 1. The molecule has 0 spiro atoms. The normalized spacial score (nSPS) is 11.8. The molecule has 62 valence electrons. The van der Waals surface area contributed by atoms with Crippen LogP contribution < -0.4 is 4.72 Å². The zero-order chi connectivity index (χ0) is 8.48. The van der Waals surface area contributed by atoms with Gasteiger partial charge in [-0.3, -0.25) is 0 Å². The van der Waals surface area contributed by atoms with E-state index in [9.17, 15) is 8.42 Å². The molecule has 4 nitrogen and oxygen atoms in total. The van der Waals surface area contributed by atoms with Gasteiger partial charge in [-0.2, -0.15) is 0 Å². The third kappa shape index (κ3) is 1.44. The summed E-state index contributed by atoms with van der Waals surface area (Å²) in [5, 5.41) is 0.278. The van der Waals surface area contributed by atoms with Crippen molar-refractivity contribution in [2.45, 2.75) is 5.03 Å². The van der Waals surface area contributed by atoms with E-state index in [2.05, 4.69) is 4.72 Å². The summed E-state index contributed by atoms with van der Waals surface area (Å²) in [5.74, 6) is 0. The van der Waals surface area contributed by atoms with Crippen LogP contribution in [0, 0.1) is 0 Å². The Bertz CT molecular complexity index is 339. The molecule has 0 aliphatic heterocycles. The van der Waals surface area contributed by atoms with Crippen LogP contribution >= 0.6 is 0 Å². The lowest BCUT2D eigenvalue weighted by Gasteiger charge is -2.01. The molecule has 0 saturated carbocycles. The quantitative estimate of drug-likeness (QED) is 0.682. The highest BCUT2D eigenvalue weighted by Gasteiger charge is 2.13. The number of hydrogen-bond acceptors (Lipinski definition) is 2. The zero-order valence-electron chi connectivity index (χ0n) is 6.40. The van der Waals surface area contributed by atoms with Gasteiger partial charge in [-0.05, 0) is 19.2 Å². The molecule has 1 heterocycles. The summed E-state index contributed by atoms with van der Waals surface area (Å²) in [5.41, 5.74) is 0. The van der Waals surface area contributed by atoms with Gasteiger partial charge in [0.05, 0.1) is 0 Å². The second kappa shape index (κ2) is 2.67. The molecule has 11 heavy (non-hydrogen) atoms. The average molecular weight is 174 g/mol. The van der Waals surface area contributed by atoms with Crippen molar-refractivity contribution in [3.05, 3.63) is 18.3 Å². The Morgan fingerprint density at radius 2 is 2.18 bits per heavy atom. The van der Waals surface area contributed by atoms with Crippen molar-refractivity contribution < 1.29 is 8.42 Å². The van der Waals surface area contributed by atoms with Gasteiger partial charge in [0.1, 0.15) is 5.03 Å². The Kier molecular flexibility index (Phi) is 2.01. The van der Waals surface area contributed by atoms with E-state index in [1.165, 1.54) is 7.05 Å². The average Bonchev–Trinajstić information content (AvgIpc) is 2.36. The third-order valence-electron chi connectivity index (χ3n) is 1.44. The maximum atomic E-state index is 11.2. The fraction of sp³-hybridized carbons (Fsp3) is 0.333. The Hall–Kier alpha value is -0.810. The summed E-state index contributed by atoms with van der Waals surface area (Å²) in [4.78, 5) is 0. The summed E-state index contributed by atoms with van der Waals surface area (Å²) in [7, 11) is -0.197. The predicted octanol–water partition coefficient (Wildman–Crippen LogP) is -0.0668. The number of hydrogen-bond donors (Lipinski definition) is 1. The molecule has 0 aromatic carbocycles. The van der Waals surface area contributed by atoms with Crippen molar-refractivity contribution in [3.8, 4) is 0 Å². The zero-order valence-corrected chi connectivity index (χ0v) is 7.22. The molecule has 1 rings (SSSR count). The third-order valence-corrected chi connectivity index (χ3v) is 2.95. The fourth-order valence-electron chi connectivity index (χ4n) is 0.829. The Morgan fingerprint density at radius 3 is 2.55 bits per heavy atom. The Balaban J connectivity index is 3.22. The lowest BCUT2D eigenvalue weighted by Crippen LogP contribution is -2.20. The van der Waals surface area contributed by atoms with Crippen molar-refractivity contribution in [2.24, 2.45) is 7.05 Å². The first-order valence-corrected chi connectivity index (χ1v) is 4.61. The van der Waals surface area contributed by atoms with Crippen LogP contribution in [0.1, 0.15) is 0 Å². The van der Waals surface area contributed by atoms with E-state index >= 15 is 0 Å². The minimum atomic E-state index is -3.27. The maximum Gasteiger partial charge on any atom is 0.255 e. The first kappa shape index (κ1) is 8.29. The Morgan fingerprint density at radius 1 is 1.55 bits per heavy atom. The van der Waals surface area contributed by atoms with Crippen LogP contribution in [0.15, 0.2) is 23.4 Å².